The van der Waals surface area contributed by atoms with Crippen LogP contribution in [-0.2, 0) is 5.41 Å². The Morgan fingerprint density at radius 2 is 0.727 bits per heavy atom. The zero-order chi connectivity index (χ0) is 36.7. The first-order valence-electron chi connectivity index (χ1n) is 19.3. The molecule has 0 spiro atoms. The fourth-order valence-corrected chi connectivity index (χ4v) is 9.41. The van der Waals surface area contributed by atoms with Gasteiger partial charge in [-0.25, -0.2) is 0 Å². The molecule has 258 valence electrons. The molecule has 0 amide bonds. The predicted molar refractivity (Wildman–Crippen MR) is 236 cm³/mol. The average molecular weight is 699 g/mol. The smallest absolute Gasteiger partial charge is 0.0159 e. The first kappa shape index (κ1) is 31.7. The highest BCUT2D eigenvalue weighted by atomic mass is 14.4. The quantitative estimate of drug-likeness (QED) is 0.161. The lowest BCUT2D eigenvalue weighted by Gasteiger charge is -2.22. The summed E-state index contributed by atoms with van der Waals surface area (Å²) < 4.78 is 0. The van der Waals surface area contributed by atoms with Crippen molar-refractivity contribution in [2.24, 2.45) is 0 Å². The van der Waals surface area contributed by atoms with Gasteiger partial charge in [0, 0.05) is 5.41 Å². The first-order chi connectivity index (χ1) is 27.0. The second-order valence-corrected chi connectivity index (χ2v) is 15.7. The Labute approximate surface area is 322 Å². The topological polar surface area (TPSA) is 0 Å². The predicted octanol–water partition coefficient (Wildman–Crippen LogP) is 15.3. The van der Waals surface area contributed by atoms with Gasteiger partial charge in [0.05, 0.1) is 0 Å². The number of benzene rings is 10. The maximum absolute atomic E-state index is 2.45. The van der Waals surface area contributed by atoms with Gasteiger partial charge < -0.3 is 0 Å². The van der Waals surface area contributed by atoms with Gasteiger partial charge in [0.1, 0.15) is 0 Å². The van der Waals surface area contributed by atoms with E-state index in [2.05, 4.69) is 208 Å². The molecular formula is C55H38. The van der Waals surface area contributed by atoms with Crippen molar-refractivity contribution in [2.75, 3.05) is 0 Å². The normalized spacial score (nSPS) is 13.1. The van der Waals surface area contributed by atoms with Gasteiger partial charge in [-0.1, -0.05) is 184 Å². The summed E-state index contributed by atoms with van der Waals surface area (Å²) in [6.07, 6.45) is 0. The third kappa shape index (κ3) is 4.99. The van der Waals surface area contributed by atoms with Gasteiger partial charge in [-0.05, 0) is 134 Å². The number of hydrogen-bond acceptors (Lipinski definition) is 0. The molecule has 0 fully saturated rings. The Bertz CT molecular complexity index is 3160. The Kier molecular flexibility index (Phi) is 7.00. The molecule has 0 N–H and O–H groups in total. The molecule has 0 unspecified atom stereocenters. The van der Waals surface area contributed by atoms with Crippen molar-refractivity contribution >= 4 is 43.1 Å². The summed E-state index contributed by atoms with van der Waals surface area (Å²) in [6.45, 7) is 4.73. The average Bonchev–Trinajstić information content (AvgIpc) is 3.47. The molecule has 1 aliphatic carbocycles. The van der Waals surface area contributed by atoms with E-state index in [-0.39, 0.29) is 5.41 Å². The lowest BCUT2D eigenvalue weighted by atomic mass is 9.81. The van der Waals surface area contributed by atoms with E-state index >= 15 is 0 Å². The zero-order valence-corrected chi connectivity index (χ0v) is 31.0. The van der Waals surface area contributed by atoms with Crippen LogP contribution < -0.4 is 0 Å². The maximum Gasteiger partial charge on any atom is 0.0159 e. The van der Waals surface area contributed by atoms with Crippen LogP contribution in [0.1, 0.15) is 25.0 Å². The molecule has 10 aromatic rings. The monoisotopic (exact) mass is 698 g/mol. The van der Waals surface area contributed by atoms with Gasteiger partial charge in [0.2, 0.25) is 0 Å². The van der Waals surface area contributed by atoms with Crippen LogP contribution >= 0.6 is 0 Å². The van der Waals surface area contributed by atoms with E-state index in [0.29, 0.717) is 0 Å². The minimum atomic E-state index is -0.0593. The van der Waals surface area contributed by atoms with Crippen molar-refractivity contribution < 1.29 is 0 Å². The molecule has 0 heteroatoms. The van der Waals surface area contributed by atoms with Crippen molar-refractivity contribution in [3.05, 3.63) is 205 Å². The minimum Gasteiger partial charge on any atom is -0.0619 e. The van der Waals surface area contributed by atoms with Gasteiger partial charge in [-0.2, -0.15) is 0 Å². The number of hydrogen-bond donors (Lipinski definition) is 0. The molecular weight excluding hydrogens is 661 g/mol. The molecule has 0 radical (unpaired) electrons. The second-order valence-electron chi connectivity index (χ2n) is 15.7. The molecule has 0 saturated carbocycles. The van der Waals surface area contributed by atoms with E-state index in [1.807, 2.05) is 0 Å². The summed E-state index contributed by atoms with van der Waals surface area (Å²) >= 11 is 0. The van der Waals surface area contributed by atoms with Crippen LogP contribution in [0.3, 0.4) is 0 Å². The third-order valence-corrected chi connectivity index (χ3v) is 12.2. The van der Waals surface area contributed by atoms with Crippen LogP contribution in [0, 0.1) is 0 Å². The van der Waals surface area contributed by atoms with E-state index in [4.69, 9.17) is 0 Å². The molecule has 0 bridgehead atoms. The highest BCUT2D eigenvalue weighted by Crippen LogP contribution is 2.50. The van der Waals surface area contributed by atoms with Crippen LogP contribution in [0.25, 0.3) is 98.7 Å². The Hall–Kier alpha value is -6.76. The Balaban J connectivity index is 1.14. The van der Waals surface area contributed by atoms with Gasteiger partial charge in [-0.15, -0.1) is 0 Å². The van der Waals surface area contributed by atoms with Crippen LogP contribution in [-0.4, -0.2) is 0 Å². The van der Waals surface area contributed by atoms with E-state index < -0.39 is 0 Å². The van der Waals surface area contributed by atoms with Gasteiger partial charge >= 0.3 is 0 Å². The first-order valence-corrected chi connectivity index (χ1v) is 19.3. The molecule has 0 aliphatic heterocycles. The van der Waals surface area contributed by atoms with Crippen LogP contribution in [0.4, 0.5) is 0 Å². The van der Waals surface area contributed by atoms with Gasteiger partial charge in [0.15, 0.2) is 0 Å². The molecule has 0 atom stereocenters. The molecule has 10 aromatic carbocycles. The molecule has 11 rings (SSSR count). The van der Waals surface area contributed by atoms with E-state index in [1.54, 1.807) is 0 Å². The lowest BCUT2D eigenvalue weighted by molar-refractivity contribution is 0.660. The van der Waals surface area contributed by atoms with E-state index in [1.165, 1.54) is 110 Å². The molecule has 55 heavy (non-hydrogen) atoms. The Morgan fingerprint density at radius 1 is 0.273 bits per heavy atom. The van der Waals surface area contributed by atoms with Crippen molar-refractivity contribution in [1.29, 1.82) is 0 Å². The SMILES string of the molecule is CC1(C)c2ccccc2-c2ccc(-c3ccc4c(-c5ccc6ccccc6c5)c5ccccc5c(-c5ccc(-c6ccc7ccccc7c6)cc5)c4c3)cc21. The van der Waals surface area contributed by atoms with Crippen LogP contribution in [0.2, 0.25) is 0 Å². The zero-order valence-electron chi connectivity index (χ0n) is 31.0. The fourth-order valence-electron chi connectivity index (χ4n) is 9.41. The summed E-state index contributed by atoms with van der Waals surface area (Å²) in [5, 5.41) is 10.1. The summed E-state index contributed by atoms with van der Waals surface area (Å²) in [4.78, 5) is 0. The van der Waals surface area contributed by atoms with Gasteiger partial charge in [0.25, 0.3) is 0 Å². The summed E-state index contributed by atoms with van der Waals surface area (Å²) in [5.41, 5.74) is 15.4. The molecule has 1 aliphatic rings. The number of fused-ring (bicyclic) bond motifs is 7. The second kappa shape index (κ2) is 12.1. The molecule has 0 nitrogen and oxygen atoms in total. The van der Waals surface area contributed by atoms with E-state index in [9.17, 15) is 0 Å². The standard InChI is InChI=1S/C55H38/c1-55(2)51-18-10-9-15-45(51)46-29-27-43(34-52(46)55)42-28-30-49-50(33-42)53(38-23-19-37(20-24-38)41-25-21-35-11-3-5-13-39(35)31-41)47-16-7-8-17-48(47)54(49)44-26-22-36-12-4-6-14-40(36)32-44/h3-34H,1-2H3. The fraction of sp³-hybridized carbons (Fsp3) is 0.0545. The lowest BCUT2D eigenvalue weighted by Crippen LogP contribution is -2.14. The molecule has 0 heterocycles. The third-order valence-electron chi connectivity index (χ3n) is 12.2. The largest absolute Gasteiger partial charge is 0.0619 e. The van der Waals surface area contributed by atoms with Crippen LogP contribution in [0.15, 0.2) is 194 Å². The highest BCUT2D eigenvalue weighted by Gasteiger charge is 2.35. The Morgan fingerprint density at radius 3 is 1.45 bits per heavy atom. The maximum atomic E-state index is 2.45. The van der Waals surface area contributed by atoms with Crippen molar-refractivity contribution in [1.82, 2.24) is 0 Å². The van der Waals surface area contributed by atoms with Crippen molar-refractivity contribution in [3.8, 4) is 55.6 Å². The van der Waals surface area contributed by atoms with Crippen molar-refractivity contribution in [2.45, 2.75) is 19.3 Å². The van der Waals surface area contributed by atoms with Gasteiger partial charge in [-0.3, -0.25) is 0 Å². The summed E-state index contributed by atoms with van der Waals surface area (Å²) in [7, 11) is 0. The molecule has 0 saturated heterocycles. The minimum absolute atomic E-state index is 0.0593. The highest BCUT2D eigenvalue weighted by molar-refractivity contribution is 6.22. The van der Waals surface area contributed by atoms with E-state index in [0.717, 1.165) is 0 Å². The summed E-state index contributed by atoms with van der Waals surface area (Å²) in [6, 6.07) is 72.4. The number of rotatable bonds is 4. The summed E-state index contributed by atoms with van der Waals surface area (Å²) in [5.74, 6) is 0. The molecule has 0 aromatic heterocycles. The van der Waals surface area contributed by atoms with Crippen LogP contribution in [0.5, 0.6) is 0 Å². The van der Waals surface area contributed by atoms with Crippen molar-refractivity contribution in [3.63, 3.8) is 0 Å².